The Morgan fingerprint density at radius 3 is 2.62 bits per heavy atom. The predicted octanol–water partition coefficient (Wildman–Crippen LogP) is 3.23. The van der Waals surface area contributed by atoms with Crippen LogP contribution in [-0.4, -0.2) is 50.0 Å². The van der Waals surface area contributed by atoms with Crippen LogP contribution in [0.3, 0.4) is 0 Å². The summed E-state index contributed by atoms with van der Waals surface area (Å²) in [5.74, 6) is 0.211. The van der Waals surface area contributed by atoms with Crippen LogP contribution in [0, 0.1) is 0 Å². The van der Waals surface area contributed by atoms with Crippen LogP contribution in [0.1, 0.15) is 48.9 Å². The van der Waals surface area contributed by atoms with E-state index in [2.05, 4.69) is 20.9 Å². The number of benzene rings is 1. The molecule has 0 aliphatic carbocycles. The van der Waals surface area contributed by atoms with Crippen molar-refractivity contribution in [3.8, 4) is 0 Å². The van der Waals surface area contributed by atoms with Gasteiger partial charge in [0.05, 0.1) is 12.6 Å². The summed E-state index contributed by atoms with van der Waals surface area (Å²) in [6.07, 6.45) is 5.00. The monoisotopic (exact) mass is 330 g/mol. The SMILES string of the molecule is CN(C)CCCN=C=NC(N)CCCCCC(=O)c1ccccc1. The van der Waals surface area contributed by atoms with Gasteiger partial charge in [-0.2, -0.15) is 0 Å². The molecule has 5 heteroatoms. The number of rotatable bonds is 12. The molecular formula is C19H30N4O. The molecule has 1 aromatic carbocycles. The van der Waals surface area contributed by atoms with E-state index in [1.54, 1.807) is 0 Å². The first kappa shape index (κ1) is 20.2. The molecule has 2 N–H and O–H groups in total. The molecule has 5 nitrogen and oxygen atoms in total. The lowest BCUT2D eigenvalue weighted by Crippen LogP contribution is -2.16. The van der Waals surface area contributed by atoms with Gasteiger partial charge in [0.15, 0.2) is 5.78 Å². The van der Waals surface area contributed by atoms with Crippen LogP contribution in [0.4, 0.5) is 0 Å². The van der Waals surface area contributed by atoms with Gasteiger partial charge in [-0.25, -0.2) is 9.98 Å². The Morgan fingerprint density at radius 1 is 1.17 bits per heavy atom. The Hall–Kier alpha value is -1.81. The number of Topliss-reactive ketones (excluding diaryl/α,β-unsaturated/α-hetero) is 1. The van der Waals surface area contributed by atoms with Gasteiger partial charge in [-0.3, -0.25) is 4.79 Å². The molecule has 24 heavy (non-hydrogen) atoms. The number of hydrogen-bond acceptors (Lipinski definition) is 5. The summed E-state index contributed by atoms with van der Waals surface area (Å²) >= 11 is 0. The van der Waals surface area contributed by atoms with Crippen molar-refractivity contribution >= 4 is 11.8 Å². The number of ketones is 1. The van der Waals surface area contributed by atoms with Gasteiger partial charge in [0.1, 0.15) is 6.17 Å². The predicted molar refractivity (Wildman–Crippen MR) is 99.7 cm³/mol. The smallest absolute Gasteiger partial charge is 0.162 e. The van der Waals surface area contributed by atoms with E-state index in [-0.39, 0.29) is 11.9 Å². The first-order valence-corrected chi connectivity index (χ1v) is 8.69. The molecular weight excluding hydrogens is 300 g/mol. The largest absolute Gasteiger partial charge is 0.309 e. The van der Waals surface area contributed by atoms with Gasteiger partial charge < -0.3 is 10.6 Å². The molecule has 0 aliphatic rings. The average Bonchev–Trinajstić information content (AvgIpc) is 2.58. The van der Waals surface area contributed by atoms with Crippen molar-refractivity contribution in [2.45, 2.75) is 44.7 Å². The summed E-state index contributed by atoms with van der Waals surface area (Å²) in [4.78, 5) is 22.3. The molecule has 0 bridgehead atoms. The summed E-state index contributed by atoms with van der Waals surface area (Å²) in [5, 5.41) is 0. The van der Waals surface area contributed by atoms with Crippen LogP contribution in [0.5, 0.6) is 0 Å². The molecule has 1 rings (SSSR count). The second kappa shape index (κ2) is 12.6. The van der Waals surface area contributed by atoms with E-state index in [0.717, 1.165) is 50.8 Å². The highest BCUT2D eigenvalue weighted by molar-refractivity contribution is 5.95. The summed E-state index contributed by atoms with van der Waals surface area (Å²) in [5.41, 5.74) is 6.70. The van der Waals surface area contributed by atoms with Crippen LogP contribution < -0.4 is 5.73 Å². The third-order valence-electron chi connectivity index (χ3n) is 3.67. The lowest BCUT2D eigenvalue weighted by molar-refractivity contribution is 0.0979. The minimum Gasteiger partial charge on any atom is -0.309 e. The fourth-order valence-corrected chi connectivity index (χ4v) is 2.28. The van der Waals surface area contributed by atoms with Gasteiger partial charge in [0, 0.05) is 12.0 Å². The molecule has 1 unspecified atom stereocenters. The molecule has 0 spiro atoms. The van der Waals surface area contributed by atoms with Gasteiger partial charge in [-0.05, 0) is 46.3 Å². The van der Waals surface area contributed by atoms with Crippen LogP contribution in [0.25, 0.3) is 0 Å². The fraction of sp³-hybridized carbons (Fsp3) is 0.579. The molecule has 132 valence electrons. The summed E-state index contributed by atoms with van der Waals surface area (Å²) in [7, 11) is 4.09. The average molecular weight is 330 g/mol. The van der Waals surface area contributed by atoms with Crippen molar-refractivity contribution in [3.05, 3.63) is 35.9 Å². The Labute approximate surface area is 145 Å². The van der Waals surface area contributed by atoms with E-state index in [0.29, 0.717) is 6.42 Å². The van der Waals surface area contributed by atoms with Gasteiger partial charge >= 0.3 is 0 Å². The zero-order chi connectivity index (χ0) is 17.6. The highest BCUT2D eigenvalue weighted by Gasteiger charge is 2.05. The third kappa shape index (κ3) is 10.1. The van der Waals surface area contributed by atoms with E-state index in [4.69, 9.17) is 5.73 Å². The molecule has 1 aromatic rings. The highest BCUT2D eigenvalue weighted by Crippen LogP contribution is 2.09. The molecule has 0 amide bonds. The van der Waals surface area contributed by atoms with Gasteiger partial charge in [0.2, 0.25) is 0 Å². The molecule has 0 aromatic heterocycles. The molecule has 0 saturated heterocycles. The topological polar surface area (TPSA) is 71.1 Å². The lowest BCUT2D eigenvalue weighted by Gasteiger charge is -2.06. The van der Waals surface area contributed by atoms with E-state index in [1.807, 2.05) is 44.4 Å². The fourth-order valence-electron chi connectivity index (χ4n) is 2.28. The maximum Gasteiger partial charge on any atom is 0.162 e. The van der Waals surface area contributed by atoms with Gasteiger partial charge in [-0.15, -0.1) is 0 Å². The minimum atomic E-state index is -0.243. The van der Waals surface area contributed by atoms with Crippen molar-refractivity contribution < 1.29 is 4.79 Å². The lowest BCUT2D eigenvalue weighted by atomic mass is 10.0. The number of hydrogen-bond donors (Lipinski definition) is 1. The van der Waals surface area contributed by atoms with E-state index in [9.17, 15) is 4.79 Å². The summed E-state index contributed by atoms with van der Waals surface area (Å²) < 4.78 is 0. The number of nitrogens with two attached hydrogens (primary N) is 1. The first-order valence-electron chi connectivity index (χ1n) is 8.69. The maximum absolute atomic E-state index is 11.9. The number of aliphatic imine (C=N–C) groups is 2. The van der Waals surface area contributed by atoms with Gasteiger partial charge in [-0.1, -0.05) is 36.8 Å². The Bertz CT molecular complexity index is 521. The van der Waals surface area contributed by atoms with Crippen LogP contribution in [0.15, 0.2) is 40.3 Å². The highest BCUT2D eigenvalue weighted by atomic mass is 16.1. The zero-order valence-corrected chi connectivity index (χ0v) is 14.9. The molecule has 0 heterocycles. The zero-order valence-electron chi connectivity index (χ0n) is 14.9. The van der Waals surface area contributed by atoms with Crippen molar-refractivity contribution in [1.29, 1.82) is 0 Å². The van der Waals surface area contributed by atoms with Crippen molar-refractivity contribution in [3.63, 3.8) is 0 Å². The molecule has 1 atom stereocenters. The maximum atomic E-state index is 11.9. The number of carbonyl (C=O) groups excluding carboxylic acids is 1. The number of nitrogens with zero attached hydrogens (tertiary/aromatic N) is 3. The standard InChI is InChI=1S/C19H30N4O/c1-23(2)15-9-14-21-16-22-19(20)13-8-4-7-12-18(24)17-10-5-3-6-11-17/h3,5-6,10-11,19H,4,7-9,12-15,20H2,1-2H3. The molecule has 0 fully saturated rings. The third-order valence-corrected chi connectivity index (χ3v) is 3.67. The first-order chi connectivity index (χ1) is 11.6. The van der Waals surface area contributed by atoms with Crippen LogP contribution in [-0.2, 0) is 0 Å². The van der Waals surface area contributed by atoms with Gasteiger partial charge in [0.25, 0.3) is 0 Å². The van der Waals surface area contributed by atoms with E-state index >= 15 is 0 Å². The molecule has 0 aliphatic heterocycles. The summed E-state index contributed by atoms with van der Waals surface area (Å²) in [6, 6.07) is 12.1. The van der Waals surface area contributed by atoms with Crippen LogP contribution >= 0.6 is 0 Å². The minimum absolute atomic E-state index is 0.211. The second-order valence-corrected chi connectivity index (χ2v) is 6.22. The van der Waals surface area contributed by atoms with Crippen molar-refractivity contribution in [2.75, 3.05) is 27.2 Å². The molecule has 0 radical (unpaired) electrons. The number of carbonyl (C=O) groups is 1. The van der Waals surface area contributed by atoms with Crippen LogP contribution in [0.2, 0.25) is 0 Å². The second-order valence-electron chi connectivity index (χ2n) is 6.22. The van der Waals surface area contributed by atoms with E-state index < -0.39 is 0 Å². The Kier molecular flexibility index (Phi) is 10.6. The van der Waals surface area contributed by atoms with Crippen molar-refractivity contribution in [2.24, 2.45) is 15.7 Å². The Morgan fingerprint density at radius 2 is 1.92 bits per heavy atom. The number of unbranched alkanes of at least 4 members (excludes halogenated alkanes) is 2. The summed E-state index contributed by atoms with van der Waals surface area (Å²) in [6.45, 7) is 1.74. The molecule has 0 saturated carbocycles. The van der Waals surface area contributed by atoms with E-state index in [1.165, 1.54) is 0 Å². The normalized spacial score (nSPS) is 11.8. The Balaban J connectivity index is 2.08. The quantitative estimate of drug-likeness (QED) is 0.363. The van der Waals surface area contributed by atoms with Crippen molar-refractivity contribution in [1.82, 2.24) is 4.90 Å².